The predicted octanol–water partition coefficient (Wildman–Crippen LogP) is 2.67. The third kappa shape index (κ3) is 5.44. The Balaban J connectivity index is 1.77. The van der Waals surface area contributed by atoms with E-state index in [4.69, 9.17) is 5.73 Å². The average Bonchev–Trinajstić information content (AvgIpc) is 2.97. The number of nitrogens with zero attached hydrogens (tertiary/aromatic N) is 1. The van der Waals surface area contributed by atoms with Crippen molar-refractivity contribution in [2.24, 2.45) is 5.73 Å². The molecule has 0 radical (unpaired) electrons. The standard InChI is InChI=1S/C18H25N3OS/c1-18(2,3)15-12-23-16(21-15)9-10-20-17(22)14(19)11-13-7-5-4-6-8-13/h4-8,12,14H,9-11,19H2,1-3H3,(H,20,22). The summed E-state index contributed by atoms with van der Waals surface area (Å²) in [6.45, 7) is 7.01. The van der Waals surface area contributed by atoms with Gasteiger partial charge in [-0.25, -0.2) is 4.98 Å². The molecule has 0 aliphatic carbocycles. The Kier molecular flexibility index (Phi) is 5.91. The van der Waals surface area contributed by atoms with Gasteiger partial charge in [-0.15, -0.1) is 11.3 Å². The molecule has 1 heterocycles. The van der Waals surface area contributed by atoms with Gasteiger partial charge in [0.25, 0.3) is 0 Å². The Labute approximate surface area is 142 Å². The van der Waals surface area contributed by atoms with Gasteiger partial charge in [-0.3, -0.25) is 4.79 Å². The van der Waals surface area contributed by atoms with E-state index in [-0.39, 0.29) is 11.3 Å². The first-order valence-electron chi connectivity index (χ1n) is 7.88. The van der Waals surface area contributed by atoms with Crippen molar-refractivity contribution in [2.45, 2.75) is 45.1 Å². The van der Waals surface area contributed by atoms with Crippen LogP contribution >= 0.6 is 11.3 Å². The van der Waals surface area contributed by atoms with Crippen molar-refractivity contribution >= 4 is 17.2 Å². The van der Waals surface area contributed by atoms with Gasteiger partial charge in [0.05, 0.1) is 16.7 Å². The molecule has 1 atom stereocenters. The van der Waals surface area contributed by atoms with E-state index in [0.29, 0.717) is 13.0 Å². The summed E-state index contributed by atoms with van der Waals surface area (Å²) in [7, 11) is 0. The van der Waals surface area contributed by atoms with Crippen molar-refractivity contribution in [3.63, 3.8) is 0 Å². The number of amides is 1. The van der Waals surface area contributed by atoms with Crippen LogP contribution in [0.2, 0.25) is 0 Å². The fourth-order valence-electron chi connectivity index (χ4n) is 2.15. The monoisotopic (exact) mass is 331 g/mol. The molecule has 3 N–H and O–H groups in total. The Morgan fingerprint density at radius 1 is 1.30 bits per heavy atom. The van der Waals surface area contributed by atoms with E-state index in [1.54, 1.807) is 11.3 Å². The lowest BCUT2D eigenvalue weighted by Gasteiger charge is -2.14. The molecule has 2 rings (SSSR count). The number of benzene rings is 1. The average molecular weight is 331 g/mol. The smallest absolute Gasteiger partial charge is 0.237 e. The van der Waals surface area contributed by atoms with Crippen molar-refractivity contribution in [2.75, 3.05) is 6.54 Å². The van der Waals surface area contributed by atoms with Gasteiger partial charge >= 0.3 is 0 Å². The Bertz CT molecular complexity index is 631. The molecular weight excluding hydrogens is 306 g/mol. The zero-order valence-electron chi connectivity index (χ0n) is 14.0. The molecule has 0 fully saturated rings. The van der Waals surface area contributed by atoms with E-state index in [2.05, 4.69) is 36.5 Å². The zero-order valence-corrected chi connectivity index (χ0v) is 14.8. The number of rotatable bonds is 6. The number of carbonyl (C=O) groups is 1. The molecule has 0 bridgehead atoms. The molecule has 1 unspecified atom stereocenters. The van der Waals surface area contributed by atoms with Crippen LogP contribution < -0.4 is 11.1 Å². The first kappa shape index (κ1) is 17.6. The van der Waals surface area contributed by atoms with Crippen LogP contribution in [0.25, 0.3) is 0 Å². The molecule has 1 amide bonds. The van der Waals surface area contributed by atoms with Gasteiger partial charge in [0.1, 0.15) is 0 Å². The molecule has 0 saturated carbocycles. The van der Waals surface area contributed by atoms with Gasteiger partial charge in [-0.1, -0.05) is 51.1 Å². The number of hydrogen-bond acceptors (Lipinski definition) is 4. The van der Waals surface area contributed by atoms with Crippen molar-refractivity contribution < 1.29 is 4.79 Å². The molecule has 0 aliphatic rings. The maximum Gasteiger partial charge on any atom is 0.237 e. The Morgan fingerprint density at radius 3 is 2.61 bits per heavy atom. The zero-order chi connectivity index (χ0) is 16.9. The normalized spacial score (nSPS) is 12.9. The summed E-state index contributed by atoms with van der Waals surface area (Å²) in [5.74, 6) is -0.110. The largest absolute Gasteiger partial charge is 0.354 e. The van der Waals surface area contributed by atoms with Gasteiger partial charge < -0.3 is 11.1 Å². The molecule has 4 nitrogen and oxygen atoms in total. The van der Waals surface area contributed by atoms with Gasteiger partial charge in [0.2, 0.25) is 5.91 Å². The topological polar surface area (TPSA) is 68.0 Å². The Morgan fingerprint density at radius 2 is 2.00 bits per heavy atom. The van der Waals surface area contributed by atoms with Crippen LogP contribution in [0.15, 0.2) is 35.7 Å². The minimum absolute atomic E-state index is 0.0655. The Hall–Kier alpha value is -1.72. The fourth-order valence-corrected chi connectivity index (χ4v) is 3.18. The number of nitrogens with two attached hydrogens (primary N) is 1. The van der Waals surface area contributed by atoms with Crippen LogP contribution in [0, 0.1) is 0 Å². The molecule has 1 aromatic carbocycles. The molecule has 23 heavy (non-hydrogen) atoms. The highest BCUT2D eigenvalue weighted by molar-refractivity contribution is 7.09. The van der Waals surface area contributed by atoms with E-state index in [9.17, 15) is 4.79 Å². The summed E-state index contributed by atoms with van der Waals surface area (Å²) in [6, 6.07) is 9.31. The van der Waals surface area contributed by atoms with E-state index in [0.717, 1.165) is 22.7 Å². The van der Waals surface area contributed by atoms with Gasteiger partial charge in [-0.05, 0) is 12.0 Å². The van der Waals surface area contributed by atoms with Crippen molar-refractivity contribution in [3.05, 3.63) is 52.0 Å². The molecule has 0 spiro atoms. The van der Waals surface area contributed by atoms with Crippen LogP contribution in [-0.4, -0.2) is 23.5 Å². The number of carbonyl (C=O) groups excluding carboxylic acids is 1. The van der Waals surface area contributed by atoms with Gasteiger partial charge in [0, 0.05) is 23.8 Å². The molecule has 0 aliphatic heterocycles. The fraction of sp³-hybridized carbons (Fsp3) is 0.444. The molecule has 0 saturated heterocycles. The minimum atomic E-state index is -0.515. The van der Waals surface area contributed by atoms with Crippen LogP contribution in [0.1, 0.15) is 37.0 Å². The highest BCUT2D eigenvalue weighted by Crippen LogP contribution is 2.23. The van der Waals surface area contributed by atoms with Crippen molar-refractivity contribution in [3.8, 4) is 0 Å². The number of hydrogen-bond donors (Lipinski definition) is 2. The first-order chi connectivity index (χ1) is 10.9. The summed E-state index contributed by atoms with van der Waals surface area (Å²) >= 11 is 1.65. The maximum atomic E-state index is 12.0. The van der Waals surface area contributed by atoms with E-state index >= 15 is 0 Å². The quantitative estimate of drug-likeness (QED) is 0.855. The summed E-state index contributed by atoms with van der Waals surface area (Å²) < 4.78 is 0. The van der Waals surface area contributed by atoms with Crippen LogP contribution in [0.5, 0.6) is 0 Å². The highest BCUT2D eigenvalue weighted by atomic mass is 32.1. The highest BCUT2D eigenvalue weighted by Gasteiger charge is 2.18. The summed E-state index contributed by atoms with van der Waals surface area (Å²) in [6.07, 6.45) is 1.29. The SMILES string of the molecule is CC(C)(C)c1csc(CCNC(=O)C(N)Cc2ccccc2)n1. The van der Waals surface area contributed by atoms with Crippen LogP contribution in [0.3, 0.4) is 0 Å². The van der Waals surface area contributed by atoms with Crippen LogP contribution in [-0.2, 0) is 23.1 Å². The van der Waals surface area contributed by atoms with Crippen molar-refractivity contribution in [1.82, 2.24) is 10.3 Å². The second-order valence-corrected chi connectivity index (χ2v) is 7.66. The molecule has 5 heteroatoms. The lowest BCUT2D eigenvalue weighted by Crippen LogP contribution is -2.42. The van der Waals surface area contributed by atoms with Gasteiger partial charge in [0.15, 0.2) is 0 Å². The summed E-state index contributed by atoms with van der Waals surface area (Å²) in [5.41, 5.74) is 8.21. The molecule has 2 aromatic rings. The summed E-state index contributed by atoms with van der Waals surface area (Å²) in [5, 5.41) is 6.05. The molecule has 124 valence electrons. The lowest BCUT2D eigenvalue weighted by molar-refractivity contribution is -0.122. The minimum Gasteiger partial charge on any atom is -0.354 e. The van der Waals surface area contributed by atoms with E-state index in [1.165, 1.54) is 0 Å². The number of thiazole rings is 1. The third-order valence-corrected chi connectivity index (χ3v) is 4.50. The molecular formula is C18H25N3OS. The van der Waals surface area contributed by atoms with Gasteiger partial charge in [-0.2, -0.15) is 0 Å². The maximum absolute atomic E-state index is 12.0. The second kappa shape index (κ2) is 7.70. The second-order valence-electron chi connectivity index (χ2n) is 6.71. The number of nitrogens with one attached hydrogen (secondary N) is 1. The summed E-state index contributed by atoms with van der Waals surface area (Å²) in [4.78, 5) is 16.7. The first-order valence-corrected chi connectivity index (χ1v) is 8.76. The van der Waals surface area contributed by atoms with E-state index in [1.807, 2.05) is 30.3 Å². The van der Waals surface area contributed by atoms with E-state index < -0.39 is 6.04 Å². The lowest BCUT2D eigenvalue weighted by atomic mass is 9.93. The molecule has 1 aromatic heterocycles. The number of aromatic nitrogens is 1. The van der Waals surface area contributed by atoms with Crippen molar-refractivity contribution in [1.29, 1.82) is 0 Å². The predicted molar refractivity (Wildman–Crippen MR) is 95.6 cm³/mol. The third-order valence-electron chi connectivity index (χ3n) is 3.59. The van der Waals surface area contributed by atoms with Crippen LogP contribution in [0.4, 0.5) is 0 Å².